The Bertz CT molecular complexity index is 1060. The number of carbonyl (C=O) groups is 1. The molecule has 1 amide bonds. The lowest BCUT2D eigenvalue weighted by molar-refractivity contribution is 0.0551. The van der Waals surface area contributed by atoms with E-state index in [1.165, 1.54) is 6.07 Å². The van der Waals surface area contributed by atoms with Crippen molar-refractivity contribution >= 4 is 11.7 Å². The Labute approximate surface area is 176 Å². The number of pyridine rings is 1. The summed E-state index contributed by atoms with van der Waals surface area (Å²) in [4.78, 5) is 25.6. The van der Waals surface area contributed by atoms with Crippen molar-refractivity contribution < 1.29 is 9.18 Å². The van der Waals surface area contributed by atoms with Crippen molar-refractivity contribution in [1.82, 2.24) is 19.4 Å². The van der Waals surface area contributed by atoms with Gasteiger partial charge in [-0.15, -0.1) is 0 Å². The van der Waals surface area contributed by atoms with Gasteiger partial charge in [-0.2, -0.15) is 0 Å². The van der Waals surface area contributed by atoms with Crippen LogP contribution in [-0.2, 0) is 13.6 Å². The summed E-state index contributed by atoms with van der Waals surface area (Å²) in [5.74, 6) is 0.353. The fraction of sp³-hybridized carbons (Fsp3) is 0.348. The van der Waals surface area contributed by atoms with Crippen LogP contribution in [-0.4, -0.2) is 45.5 Å². The van der Waals surface area contributed by atoms with Gasteiger partial charge in [-0.25, -0.2) is 14.4 Å². The topological polar surface area (TPSA) is 54.3 Å². The second-order valence-corrected chi connectivity index (χ2v) is 8.03. The molecule has 0 spiro atoms. The average Bonchev–Trinajstić information content (AvgIpc) is 3.13. The molecule has 0 bridgehead atoms. The third kappa shape index (κ3) is 4.06. The highest BCUT2D eigenvalue weighted by molar-refractivity contribution is 5.92. The average molecular weight is 407 g/mol. The van der Waals surface area contributed by atoms with Gasteiger partial charge in [-0.05, 0) is 49.1 Å². The summed E-state index contributed by atoms with van der Waals surface area (Å²) in [5.41, 5.74) is 2.33. The molecule has 30 heavy (non-hydrogen) atoms. The Morgan fingerprint density at radius 1 is 1.23 bits per heavy atom. The molecule has 0 aliphatic heterocycles. The number of hydrogen-bond acceptors (Lipinski definition) is 4. The fourth-order valence-electron chi connectivity index (χ4n) is 3.62. The molecule has 0 unspecified atom stereocenters. The van der Waals surface area contributed by atoms with Crippen LogP contribution in [0.3, 0.4) is 0 Å². The lowest BCUT2D eigenvalue weighted by Gasteiger charge is -2.37. The highest BCUT2D eigenvalue weighted by atomic mass is 19.1. The number of nitrogens with zero attached hydrogens (tertiary/aromatic N) is 5. The molecule has 0 atom stereocenters. The zero-order valence-electron chi connectivity index (χ0n) is 17.5. The van der Waals surface area contributed by atoms with Crippen molar-refractivity contribution in [1.29, 1.82) is 0 Å². The highest BCUT2D eigenvalue weighted by Crippen LogP contribution is 2.29. The van der Waals surface area contributed by atoms with Crippen LogP contribution in [0.5, 0.6) is 0 Å². The summed E-state index contributed by atoms with van der Waals surface area (Å²) in [7, 11) is 5.65. The van der Waals surface area contributed by atoms with Crippen molar-refractivity contribution in [2.45, 2.75) is 31.8 Å². The molecule has 0 N–H and O–H groups in total. The van der Waals surface area contributed by atoms with Gasteiger partial charge >= 0.3 is 0 Å². The van der Waals surface area contributed by atoms with Crippen molar-refractivity contribution in [2.24, 2.45) is 7.05 Å². The number of benzene rings is 1. The molecule has 1 aliphatic carbocycles. The quantitative estimate of drug-likeness (QED) is 0.622. The van der Waals surface area contributed by atoms with Crippen molar-refractivity contribution in [3.05, 3.63) is 66.0 Å². The van der Waals surface area contributed by atoms with Crippen LogP contribution in [0, 0.1) is 5.82 Å². The third-order valence-electron chi connectivity index (χ3n) is 5.55. The Morgan fingerprint density at radius 2 is 2.03 bits per heavy atom. The summed E-state index contributed by atoms with van der Waals surface area (Å²) >= 11 is 0. The normalized spacial score (nSPS) is 13.7. The zero-order valence-corrected chi connectivity index (χ0v) is 17.5. The predicted molar refractivity (Wildman–Crippen MR) is 115 cm³/mol. The highest BCUT2D eigenvalue weighted by Gasteiger charge is 2.30. The Morgan fingerprint density at radius 3 is 2.67 bits per heavy atom. The van der Waals surface area contributed by atoms with Crippen LogP contribution in [0.4, 0.5) is 10.2 Å². The minimum atomic E-state index is -0.326. The maximum atomic E-state index is 14.6. The Kier molecular flexibility index (Phi) is 5.53. The number of aryl methyl sites for hydroxylation is 1. The van der Waals surface area contributed by atoms with Crippen LogP contribution in [0.2, 0.25) is 0 Å². The lowest BCUT2D eigenvalue weighted by Crippen LogP contribution is -2.43. The van der Waals surface area contributed by atoms with E-state index in [2.05, 4.69) is 9.97 Å². The zero-order chi connectivity index (χ0) is 21.3. The first-order valence-corrected chi connectivity index (χ1v) is 10.1. The molecule has 0 saturated heterocycles. The van der Waals surface area contributed by atoms with Crippen LogP contribution < -0.4 is 4.90 Å². The number of halogens is 1. The van der Waals surface area contributed by atoms with Crippen molar-refractivity contribution in [3.63, 3.8) is 0 Å². The molecular weight excluding hydrogens is 381 g/mol. The maximum Gasteiger partial charge on any atom is 0.274 e. The standard InChI is InChI=1S/C23H26FN5O/c1-27(2)22-9-5-8-20(26-22)18-12-16(10-11-19(18)24)13-29(17-6-4-7-17)23(30)21-14-28(3)15-25-21/h5,8-12,14-15,17H,4,6-7,13H2,1-3H3. The molecule has 1 aliphatic rings. The minimum absolute atomic E-state index is 0.0843. The molecule has 4 rings (SSSR count). The van der Waals surface area contributed by atoms with Crippen LogP contribution >= 0.6 is 0 Å². The Hall–Kier alpha value is -3.22. The molecule has 1 fully saturated rings. The second kappa shape index (κ2) is 8.26. The fourth-order valence-corrected chi connectivity index (χ4v) is 3.62. The predicted octanol–water partition coefficient (Wildman–Crippen LogP) is 3.88. The van der Waals surface area contributed by atoms with Gasteiger partial charge in [0.15, 0.2) is 0 Å². The number of hydrogen-bond donors (Lipinski definition) is 0. The monoisotopic (exact) mass is 407 g/mol. The van der Waals surface area contributed by atoms with Gasteiger partial charge in [-0.3, -0.25) is 4.79 Å². The maximum absolute atomic E-state index is 14.6. The van der Waals surface area contributed by atoms with E-state index in [1.54, 1.807) is 35.3 Å². The Balaban J connectivity index is 1.64. The SMILES string of the molecule is CN(C)c1cccc(-c2cc(CN(C(=O)c3cn(C)cn3)C3CCC3)ccc2F)n1. The van der Waals surface area contributed by atoms with Crippen molar-refractivity contribution in [3.8, 4) is 11.3 Å². The number of imidazole rings is 1. The number of rotatable bonds is 6. The molecule has 156 valence electrons. The molecule has 1 saturated carbocycles. The summed E-state index contributed by atoms with van der Waals surface area (Å²) in [5, 5.41) is 0. The molecule has 3 aromatic rings. The van der Waals surface area contributed by atoms with E-state index in [4.69, 9.17) is 0 Å². The molecule has 7 heteroatoms. The van der Waals surface area contributed by atoms with E-state index in [0.29, 0.717) is 23.5 Å². The molecule has 6 nitrogen and oxygen atoms in total. The first-order chi connectivity index (χ1) is 14.4. The largest absolute Gasteiger partial charge is 0.363 e. The van der Waals surface area contributed by atoms with E-state index < -0.39 is 0 Å². The van der Waals surface area contributed by atoms with E-state index >= 15 is 0 Å². The number of anilines is 1. The number of amides is 1. The van der Waals surface area contributed by atoms with Crippen LogP contribution in [0.15, 0.2) is 48.9 Å². The molecule has 2 heterocycles. The summed E-state index contributed by atoms with van der Waals surface area (Å²) in [6.07, 6.45) is 6.46. The van der Waals surface area contributed by atoms with Gasteiger partial charge in [0.25, 0.3) is 5.91 Å². The van der Waals surface area contributed by atoms with Gasteiger partial charge < -0.3 is 14.4 Å². The van der Waals surface area contributed by atoms with E-state index in [0.717, 1.165) is 30.6 Å². The van der Waals surface area contributed by atoms with Gasteiger partial charge in [0.2, 0.25) is 0 Å². The third-order valence-corrected chi connectivity index (χ3v) is 5.55. The van der Waals surface area contributed by atoms with Crippen LogP contribution in [0.25, 0.3) is 11.3 Å². The van der Waals surface area contributed by atoms with Gasteiger partial charge in [0.1, 0.15) is 17.3 Å². The van der Waals surface area contributed by atoms with E-state index in [9.17, 15) is 9.18 Å². The summed E-state index contributed by atoms with van der Waals surface area (Å²) in [6.45, 7) is 0.417. The van der Waals surface area contributed by atoms with E-state index in [-0.39, 0.29) is 17.8 Å². The molecule has 1 aromatic carbocycles. The molecule has 0 radical (unpaired) electrons. The number of aromatic nitrogens is 3. The molecule has 2 aromatic heterocycles. The first kappa shape index (κ1) is 20.1. The lowest BCUT2D eigenvalue weighted by atomic mass is 9.90. The second-order valence-electron chi connectivity index (χ2n) is 8.03. The van der Waals surface area contributed by atoms with Gasteiger partial charge in [-0.1, -0.05) is 12.1 Å². The van der Waals surface area contributed by atoms with Gasteiger partial charge in [0.05, 0.1) is 12.0 Å². The van der Waals surface area contributed by atoms with Crippen LogP contribution in [0.1, 0.15) is 35.3 Å². The summed E-state index contributed by atoms with van der Waals surface area (Å²) in [6, 6.07) is 10.8. The van der Waals surface area contributed by atoms with E-state index in [1.807, 2.05) is 43.1 Å². The summed E-state index contributed by atoms with van der Waals surface area (Å²) < 4.78 is 16.4. The first-order valence-electron chi connectivity index (χ1n) is 10.1. The minimum Gasteiger partial charge on any atom is -0.363 e. The van der Waals surface area contributed by atoms with Gasteiger partial charge in [0, 0.05) is 45.5 Å². The van der Waals surface area contributed by atoms with Crippen molar-refractivity contribution in [2.75, 3.05) is 19.0 Å². The number of carbonyl (C=O) groups excluding carboxylic acids is 1. The molecular formula is C23H26FN5O. The smallest absolute Gasteiger partial charge is 0.274 e.